The fraction of sp³-hybridized carbons (Fsp3) is 0.750. The maximum absolute atomic E-state index is 9.29. The smallest absolute Gasteiger partial charge is 0.0951 e. The van der Waals surface area contributed by atoms with Gasteiger partial charge in [-0.2, -0.15) is 0 Å². The van der Waals surface area contributed by atoms with Gasteiger partial charge in [-0.3, -0.25) is 4.90 Å². The van der Waals surface area contributed by atoms with Crippen molar-refractivity contribution in [2.75, 3.05) is 13.2 Å². The molecule has 0 unspecified atom stereocenters. The Morgan fingerprint density at radius 1 is 1.38 bits per heavy atom. The van der Waals surface area contributed by atoms with Crippen molar-refractivity contribution in [2.45, 2.75) is 44.3 Å². The van der Waals surface area contributed by atoms with Gasteiger partial charge >= 0.3 is 0 Å². The fourth-order valence-electron chi connectivity index (χ4n) is 2.65. The minimum Gasteiger partial charge on any atom is -0.395 e. The summed E-state index contributed by atoms with van der Waals surface area (Å²) in [5, 5.41) is 9.29. The number of aliphatic hydroxyl groups is 1. The Hall–Kier alpha value is -0.870. The molecule has 0 aromatic carbocycles. The van der Waals surface area contributed by atoms with Crippen molar-refractivity contribution >= 4 is 0 Å². The molecule has 1 saturated carbocycles. The Balaban J connectivity index is 1.70. The molecule has 0 bridgehead atoms. The number of imidazole rings is 1. The maximum atomic E-state index is 9.29. The number of aliphatic hydroxyl groups excluding tert-OH is 1. The molecule has 4 nitrogen and oxygen atoms in total. The van der Waals surface area contributed by atoms with Crippen molar-refractivity contribution in [3.05, 3.63) is 18.2 Å². The quantitative estimate of drug-likeness (QED) is 0.830. The van der Waals surface area contributed by atoms with E-state index in [-0.39, 0.29) is 6.61 Å². The van der Waals surface area contributed by atoms with E-state index in [1.54, 1.807) is 0 Å². The van der Waals surface area contributed by atoms with Crippen molar-refractivity contribution in [1.29, 1.82) is 0 Å². The average molecular weight is 221 g/mol. The maximum Gasteiger partial charge on any atom is 0.0951 e. The lowest BCUT2D eigenvalue weighted by Crippen LogP contribution is -2.32. The zero-order valence-corrected chi connectivity index (χ0v) is 9.55. The summed E-state index contributed by atoms with van der Waals surface area (Å²) in [6.07, 6.45) is 8.87. The second-order valence-electron chi connectivity index (χ2n) is 4.97. The van der Waals surface area contributed by atoms with Gasteiger partial charge in [-0.15, -0.1) is 0 Å². The largest absolute Gasteiger partial charge is 0.395 e. The molecule has 0 radical (unpaired) electrons. The van der Waals surface area contributed by atoms with Gasteiger partial charge in [0.2, 0.25) is 0 Å². The van der Waals surface area contributed by atoms with Crippen LogP contribution < -0.4 is 0 Å². The molecule has 2 fully saturated rings. The summed E-state index contributed by atoms with van der Waals surface area (Å²) < 4.78 is 2.31. The molecule has 1 aromatic heterocycles. The van der Waals surface area contributed by atoms with Crippen LogP contribution in [-0.4, -0.2) is 38.8 Å². The zero-order chi connectivity index (χ0) is 11.0. The molecule has 1 N–H and O–H groups in total. The Morgan fingerprint density at radius 3 is 3.00 bits per heavy atom. The number of rotatable bonds is 4. The van der Waals surface area contributed by atoms with Gasteiger partial charge in [0.15, 0.2) is 0 Å². The molecule has 2 heterocycles. The second kappa shape index (κ2) is 4.18. The molecular formula is C12H19N3O. The Morgan fingerprint density at radius 2 is 2.25 bits per heavy atom. The molecule has 2 aliphatic rings. The number of aromatic nitrogens is 2. The van der Waals surface area contributed by atoms with Crippen LogP contribution in [0, 0.1) is 0 Å². The van der Waals surface area contributed by atoms with Crippen LogP contribution in [0.15, 0.2) is 12.5 Å². The SMILES string of the molecule is OC[C@@H]1CCCN1Cc1cncn1C1CC1. The van der Waals surface area contributed by atoms with E-state index >= 15 is 0 Å². The third kappa shape index (κ3) is 1.87. The molecule has 4 heteroatoms. The van der Waals surface area contributed by atoms with Crippen LogP contribution in [0.5, 0.6) is 0 Å². The molecule has 1 atom stereocenters. The summed E-state index contributed by atoms with van der Waals surface area (Å²) >= 11 is 0. The third-order valence-electron chi connectivity index (χ3n) is 3.76. The number of nitrogens with zero attached hydrogens (tertiary/aromatic N) is 3. The van der Waals surface area contributed by atoms with E-state index in [2.05, 4.69) is 14.5 Å². The van der Waals surface area contributed by atoms with Gasteiger partial charge in [0.05, 0.1) is 18.6 Å². The first-order valence-corrected chi connectivity index (χ1v) is 6.24. The summed E-state index contributed by atoms with van der Waals surface area (Å²) in [6, 6.07) is 1.07. The monoisotopic (exact) mass is 221 g/mol. The van der Waals surface area contributed by atoms with Gasteiger partial charge in [-0.05, 0) is 32.2 Å². The predicted octanol–water partition coefficient (Wildman–Crippen LogP) is 1.17. The summed E-state index contributed by atoms with van der Waals surface area (Å²) in [4.78, 5) is 6.63. The van der Waals surface area contributed by atoms with E-state index in [1.165, 1.54) is 25.0 Å². The lowest BCUT2D eigenvalue weighted by molar-refractivity contribution is 0.151. The van der Waals surface area contributed by atoms with E-state index in [0.29, 0.717) is 12.1 Å². The average Bonchev–Trinajstić information content (AvgIpc) is 2.88. The predicted molar refractivity (Wildman–Crippen MR) is 61.0 cm³/mol. The molecule has 88 valence electrons. The zero-order valence-electron chi connectivity index (χ0n) is 9.55. The van der Waals surface area contributed by atoms with Gasteiger partial charge < -0.3 is 9.67 Å². The molecule has 0 spiro atoms. The third-order valence-corrected chi connectivity index (χ3v) is 3.76. The Labute approximate surface area is 95.9 Å². The minimum atomic E-state index is 0.289. The Bertz CT molecular complexity index is 359. The normalized spacial score (nSPS) is 26.4. The van der Waals surface area contributed by atoms with E-state index < -0.39 is 0 Å². The highest BCUT2D eigenvalue weighted by molar-refractivity contribution is 5.04. The van der Waals surface area contributed by atoms with Crippen LogP contribution >= 0.6 is 0 Å². The summed E-state index contributed by atoms with van der Waals surface area (Å²) in [7, 11) is 0. The molecule has 0 amide bonds. The van der Waals surface area contributed by atoms with Gasteiger partial charge in [-0.1, -0.05) is 0 Å². The molecule has 1 aromatic rings. The van der Waals surface area contributed by atoms with Crippen molar-refractivity contribution in [3.63, 3.8) is 0 Å². The first kappa shape index (κ1) is 10.3. The topological polar surface area (TPSA) is 41.3 Å². The van der Waals surface area contributed by atoms with Gasteiger partial charge in [0, 0.05) is 24.8 Å². The van der Waals surface area contributed by atoms with Crippen molar-refractivity contribution in [1.82, 2.24) is 14.5 Å². The van der Waals surface area contributed by atoms with Gasteiger partial charge in [0.1, 0.15) is 0 Å². The van der Waals surface area contributed by atoms with Crippen LogP contribution in [0.25, 0.3) is 0 Å². The summed E-state index contributed by atoms with van der Waals surface area (Å²) in [5.41, 5.74) is 1.31. The second-order valence-corrected chi connectivity index (χ2v) is 4.97. The summed E-state index contributed by atoms with van der Waals surface area (Å²) in [6.45, 7) is 2.35. The lowest BCUT2D eigenvalue weighted by atomic mass is 10.2. The molecule has 16 heavy (non-hydrogen) atoms. The van der Waals surface area contributed by atoms with Crippen molar-refractivity contribution in [3.8, 4) is 0 Å². The van der Waals surface area contributed by atoms with Crippen LogP contribution in [0.3, 0.4) is 0 Å². The van der Waals surface area contributed by atoms with Crippen LogP contribution in [0.1, 0.15) is 37.4 Å². The van der Waals surface area contributed by atoms with Crippen molar-refractivity contribution < 1.29 is 5.11 Å². The highest BCUT2D eigenvalue weighted by atomic mass is 16.3. The highest BCUT2D eigenvalue weighted by Gasteiger charge is 2.28. The molecule has 3 rings (SSSR count). The van der Waals surface area contributed by atoms with Gasteiger partial charge in [0.25, 0.3) is 0 Å². The number of hydrogen-bond donors (Lipinski definition) is 1. The van der Waals surface area contributed by atoms with Crippen molar-refractivity contribution in [2.24, 2.45) is 0 Å². The standard InChI is InChI=1S/C12H19N3O/c16-8-11-2-1-5-14(11)7-12-6-13-9-15(12)10-3-4-10/h6,9-11,16H,1-5,7-8H2/t11-/m0/s1. The molecular weight excluding hydrogens is 202 g/mol. The highest BCUT2D eigenvalue weighted by Crippen LogP contribution is 2.36. The van der Waals surface area contributed by atoms with Gasteiger partial charge in [-0.25, -0.2) is 4.98 Å². The first-order valence-electron chi connectivity index (χ1n) is 6.24. The molecule has 1 aliphatic heterocycles. The lowest BCUT2D eigenvalue weighted by Gasteiger charge is -2.22. The van der Waals surface area contributed by atoms with E-state index in [0.717, 1.165) is 19.5 Å². The molecule has 1 aliphatic carbocycles. The number of hydrogen-bond acceptors (Lipinski definition) is 3. The number of likely N-dealkylation sites (tertiary alicyclic amines) is 1. The minimum absolute atomic E-state index is 0.289. The van der Waals surface area contributed by atoms with E-state index in [4.69, 9.17) is 0 Å². The van der Waals surface area contributed by atoms with E-state index in [9.17, 15) is 5.11 Å². The first-order chi connectivity index (χ1) is 7.88. The van der Waals surface area contributed by atoms with E-state index in [1.807, 2.05) is 12.5 Å². The summed E-state index contributed by atoms with van der Waals surface area (Å²) in [5.74, 6) is 0. The van der Waals surface area contributed by atoms with Crippen LogP contribution in [-0.2, 0) is 6.54 Å². The van der Waals surface area contributed by atoms with Crippen LogP contribution in [0.2, 0.25) is 0 Å². The Kier molecular flexibility index (Phi) is 2.69. The fourth-order valence-corrected chi connectivity index (χ4v) is 2.65. The van der Waals surface area contributed by atoms with Crippen LogP contribution in [0.4, 0.5) is 0 Å². The molecule has 1 saturated heterocycles.